The molecule has 0 saturated carbocycles. The van der Waals surface area contributed by atoms with Crippen LogP contribution in [0.1, 0.15) is 25.0 Å². The molecule has 3 rings (SSSR count). The van der Waals surface area contributed by atoms with Gasteiger partial charge in [0.05, 0.1) is 16.8 Å². The van der Waals surface area contributed by atoms with Crippen molar-refractivity contribution in [2.45, 2.75) is 27.3 Å². The molecule has 3 aromatic rings. The van der Waals surface area contributed by atoms with E-state index < -0.39 is 0 Å². The average Bonchev–Trinajstić information content (AvgIpc) is 2.85. The van der Waals surface area contributed by atoms with Crippen molar-refractivity contribution in [2.24, 2.45) is 10.2 Å². The molecule has 0 aliphatic heterocycles. The highest BCUT2D eigenvalue weighted by molar-refractivity contribution is 7.16. The molecule has 0 unspecified atom stereocenters. The zero-order valence-corrected chi connectivity index (χ0v) is 13.9. The molecule has 0 bridgehead atoms. The Bertz CT molecular complexity index is 879. The van der Waals surface area contributed by atoms with Gasteiger partial charge >= 0.3 is 0 Å². The third-order valence-corrected chi connectivity index (χ3v) is 4.43. The van der Waals surface area contributed by atoms with Gasteiger partial charge in [-0.1, -0.05) is 53.3 Å². The van der Waals surface area contributed by atoms with Gasteiger partial charge in [-0.05, 0) is 38.5 Å². The van der Waals surface area contributed by atoms with E-state index in [2.05, 4.69) is 70.2 Å². The lowest BCUT2D eigenvalue weighted by Gasteiger charge is -2.05. The van der Waals surface area contributed by atoms with E-state index in [0.717, 1.165) is 17.1 Å². The molecule has 0 atom stereocenters. The Kier molecular flexibility index (Phi) is 4.20. The number of benzene rings is 2. The summed E-state index contributed by atoms with van der Waals surface area (Å²) in [6.45, 7) is 6.83. The van der Waals surface area contributed by atoms with E-state index >= 15 is 0 Å². The van der Waals surface area contributed by atoms with Crippen molar-refractivity contribution in [2.75, 3.05) is 0 Å². The molecule has 1 heterocycles. The number of thiazole rings is 1. The smallest absolute Gasteiger partial charge is 0.211 e. The summed E-state index contributed by atoms with van der Waals surface area (Å²) in [7, 11) is 0. The first kappa shape index (κ1) is 14.7. The maximum Gasteiger partial charge on any atom is 0.211 e. The number of nitrogens with zero attached hydrogens (tertiary/aromatic N) is 3. The van der Waals surface area contributed by atoms with Crippen LogP contribution >= 0.6 is 11.3 Å². The fourth-order valence-corrected chi connectivity index (χ4v) is 3.25. The minimum Gasteiger partial charge on any atom is -0.311 e. The second kappa shape index (κ2) is 6.28. The number of aromatic nitrogens is 1. The molecule has 0 aliphatic carbocycles. The Morgan fingerprint density at radius 1 is 1.05 bits per heavy atom. The molecule has 4 heteroatoms. The van der Waals surface area contributed by atoms with E-state index in [-0.39, 0.29) is 0 Å². The molecule has 0 saturated heterocycles. The van der Waals surface area contributed by atoms with E-state index in [1.54, 1.807) is 11.3 Å². The van der Waals surface area contributed by atoms with Crippen LogP contribution in [0.25, 0.3) is 10.2 Å². The molecule has 2 aromatic carbocycles. The normalized spacial score (nSPS) is 11.9. The number of aryl methyl sites for hydroxylation is 1. The third kappa shape index (κ3) is 3.17. The lowest BCUT2D eigenvalue weighted by molar-refractivity contribution is 0.788. The summed E-state index contributed by atoms with van der Waals surface area (Å²) >= 11 is 1.68. The van der Waals surface area contributed by atoms with Gasteiger partial charge in [0.25, 0.3) is 0 Å². The second-order valence-corrected chi connectivity index (χ2v) is 6.58. The Morgan fingerprint density at radius 3 is 2.50 bits per heavy atom. The molecule has 3 nitrogen and oxygen atoms in total. The summed E-state index contributed by atoms with van der Waals surface area (Å²) in [4.78, 5) is 0.933. The minimum absolute atomic E-state index is 0.807. The molecule has 112 valence electrons. The molecule has 0 aliphatic rings. The van der Waals surface area contributed by atoms with Gasteiger partial charge in [-0.2, -0.15) is 5.10 Å². The molecule has 0 radical (unpaired) electrons. The quantitative estimate of drug-likeness (QED) is 0.508. The van der Waals surface area contributed by atoms with Crippen LogP contribution in [-0.4, -0.2) is 10.3 Å². The molecule has 0 amide bonds. The topological polar surface area (TPSA) is 29.6 Å². The maximum absolute atomic E-state index is 4.43. The van der Waals surface area contributed by atoms with Gasteiger partial charge in [0.2, 0.25) is 4.80 Å². The van der Waals surface area contributed by atoms with Gasteiger partial charge in [0, 0.05) is 5.71 Å². The van der Waals surface area contributed by atoms with Crippen molar-refractivity contribution < 1.29 is 0 Å². The van der Waals surface area contributed by atoms with Crippen LogP contribution in [0.15, 0.2) is 58.7 Å². The zero-order chi connectivity index (χ0) is 15.5. The van der Waals surface area contributed by atoms with E-state index in [0.29, 0.717) is 0 Å². The zero-order valence-electron chi connectivity index (χ0n) is 13.1. The molecule has 1 aromatic heterocycles. The standard InChI is InChI=1S/C18H19N3S/c1-13(2)19-20-18-21(12-15-10-8-14(3)9-11-15)16-6-4-5-7-17(16)22-18/h4-11H,12H2,1-3H3. The highest BCUT2D eigenvalue weighted by atomic mass is 32.1. The van der Waals surface area contributed by atoms with Gasteiger partial charge in [-0.3, -0.25) is 0 Å². The highest BCUT2D eigenvalue weighted by Crippen LogP contribution is 2.18. The van der Waals surface area contributed by atoms with Crippen LogP contribution in [0.4, 0.5) is 0 Å². The van der Waals surface area contributed by atoms with Crippen molar-refractivity contribution in [3.05, 3.63) is 64.5 Å². The summed E-state index contributed by atoms with van der Waals surface area (Å²) in [5.74, 6) is 0. The Hall–Kier alpha value is -2.20. The lowest BCUT2D eigenvalue weighted by atomic mass is 10.1. The largest absolute Gasteiger partial charge is 0.311 e. The van der Waals surface area contributed by atoms with Gasteiger partial charge in [0.15, 0.2) is 0 Å². The SMILES string of the molecule is CC(C)=NN=c1sc2ccccc2n1Cc1ccc(C)cc1. The summed E-state index contributed by atoms with van der Waals surface area (Å²) < 4.78 is 3.47. The monoisotopic (exact) mass is 309 g/mol. The first-order valence-electron chi connectivity index (χ1n) is 7.32. The van der Waals surface area contributed by atoms with Crippen LogP contribution in [0.5, 0.6) is 0 Å². The number of rotatable bonds is 3. The second-order valence-electron chi connectivity index (χ2n) is 5.57. The van der Waals surface area contributed by atoms with Crippen molar-refractivity contribution in [3.63, 3.8) is 0 Å². The molecule has 0 spiro atoms. The molecule has 0 fully saturated rings. The van der Waals surface area contributed by atoms with Crippen LogP contribution < -0.4 is 4.80 Å². The predicted molar refractivity (Wildman–Crippen MR) is 94.4 cm³/mol. The third-order valence-electron chi connectivity index (χ3n) is 3.39. The van der Waals surface area contributed by atoms with Gasteiger partial charge in [-0.25, -0.2) is 0 Å². The van der Waals surface area contributed by atoms with Crippen molar-refractivity contribution in [1.82, 2.24) is 4.57 Å². The number of fused-ring (bicyclic) bond motifs is 1. The van der Waals surface area contributed by atoms with Crippen LogP contribution in [0.3, 0.4) is 0 Å². The molecular weight excluding hydrogens is 290 g/mol. The van der Waals surface area contributed by atoms with Crippen LogP contribution in [-0.2, 0) is 6.54 Å². The average molecular weight is 309 g/mol. The van der Waals surface area contributed by atoms with Crippen molar-refractivity contribution in [3.8, 4) is 0 Å². The fourth-order valence-electron chi connectivity index (χ4n) is 2.27. The molecule has 22 heavy (non-hydrogen) atoms. The first-order chi connectivity index (χ1) is 10.6. The summed E-state index contributed by atoms with van der Waals surface area (Å²) in [5.41, 5.74) is 4.71. The summed E-state index contributed by atoms with van der Waals surface area (Å²) in [6.07, 6.45) is 0. The maximum atomic E-state index is 4.43. The number of hydrogen-bond acceptors (Lipinski definition) is 3. The Labute approximate surface area is 134 Å². The van der Waals surface area contributed by atoms with Gasteiger partial charge in [-0.15, -0.1) is 5.10 Å². The lowest BCUT2D eigenvalue weighted by Crippen LogP contribution is -2.15. The number of para-hydroxylation sites is 1. The van der Waals surface area contributed by atoms with Gasteiger partial charge < -0.3 is 4.57 Å². The number of hydrogen-bond donors (Lipinski definition) is 0. The van der Waals surface area contributed by atoms with Gasteiger partial charge in [0.1, 0.15) is 0 Å². The first-order valence-corrected chi connectivity index (χ1v) is 8.14. The Morgan fingerprint density at radius 2 is 1.77 bits per heavy atom. The van der Waals surface area contributed by atoms with Crippen molar-refractivity contribution >= 4 is 27.3 Å². The fraction of sp³-hybridized carbons (Fsp3) is 0.222. The summed E-state index contributed by atoms with van der Waals surface area (Å²) in [5, 5.41) is 8.66. The highest BCUT2D eigenvalue weighted by Gasteiger charge is 2.06. The molecular formula is C18H19N3S. The van der Waals surface area contributed by atoms with Crippen molar-refractivity contribution in [1.29, 1.82) is 0 Å². The van der Waals surface area contributed by atoms with E-state index in [9.17, 15) is 0 Å². The molecule has 0 N–H and O–H groups in total. The van der Waals surface area contributed by atoms with Crippen LogP contribution in [0, 0.1) is 6.92 Å². The van der Waals surface area contributed by atoms with E-state index in [1.807, 2.05) is 13.8 Å². The van der Waals surface area contributed by atoms with E-state index in [4.69, 9.17) is 0 Å². The van der Waals surface area contributed by atoms with E-state index in [1.165, 1.54) is 21.3 Å². The minimum atomic E-state index is 0.807. The summed E-state index contributed by atoms with van der Waals surface area (Å²) in [6, 6.07) is 17.0. The Balaban J connectivity index is 2.13. The van der Waals surface area contributed by atoms with Crippen LogP contribution in [0.2, 0.25) is 0 Å². The predicted octanol–water partition coefficient (Wildman–Crippen LogP) is 4.36.